The zero-order valence-electron chi connectivity index (χ0n) is 5.68. The molecule has 2 radical (unpaired) electrons. The monoisotopic (exact) mass is 141 g/mol. The van der Waals surface area contributed by atoms with Gasteiger partial charge in [-0.1, -0.05) is 0 Å². The number of unbranched alkanes of at least 4 members (excludes halogenated alkanes) is 1. The van der Waals surface area contributed by atoms with Crippen LogP contribution in [-0.4, -0.2) is 16.4 Å². The fraction of sp³-hybridized carbons (Fsp3) is 0.833. The van der Waals surface area contributed by atoms with Gasteiger partial charge in [0.2, 0.25) is 9.76 Å². The molecule has 0 N–H and O–H groups in total. The molecule has 0 aromatic rings. The third-order valence-corrected chi connectivity index (χ3v) is 1.86. The van der Waals surface area contributed by atoms with Gasteiger partial charge in [0, 0.05) is 13.0 Å². The summed E-state index contributed by atoms with van der Waals surface area (Å²) in [7, 11) is 0.591. The van der Waals surface area contributed by atoms with E-state index in [4.69, 9.17) is 9.69 Å². The molecule has 0 saturated heterocycles. The highest BCUT2D eigenvalue weighted by atomic mass is 28.2. The standard InChI is InChI=1S/C6H11NOSi/c1-2-8-9-6-4-3-5-7/h2-4,6H2,1H3. The predicted octanol–water partition coefficient (Wildman–Crippen LogP) is 1.36. The molecule has 0 unspecified atom stereocenters. The molecule has 0 aliphatic heterocycles. The van der Waals surface area contributed by atoms with Crippen molar-refractivity contribution in [3.63, 3.8) is 0 Å². The number of rotatable bonds is 5. The lowest BCUT2D eigenvalue weighted by Gasteiger charge is -1.93. The second-order valence-corrected chi connectivity index (χ2v) is 2.67. The van der Waals surface area contributed by atoms with Gasteiger partial charge in [-0.05, 0) is 19.4 Å². The molecule has 0 aromatic heterocycles. The van der Waals surface area contributed by atoms with Crippen molar-refractivity contribution in [3.05, 3.63) is 0 Å². The van der Waals surface area contributed by atoms with Gasteiger partial charge in [0.25, 0.3) is 0 Å². The van der Waals surface area contributed by atoms with Gasteiger partial charge in [-0.3, -0.25) is 0 Å². The first-order chi connectivity index (χ1) is 4.41. The third-order valence-electron chi connectivity index (χ3n) is 0.814. The van der Waals surface area contributed by atoms with Crippen molar-refractivity contribution >= 4 is 9.76 Å². The van der Waals surface area contributed by atoms with Crippen LogP contribution in [0.15, 0.2) is 0 Å². The summed E-state index contributed by atoms with van der Waals surface area (Å²) in [6, 6.07) is 3.14. The van der Waals surface area contributed by atoms with Crippen LogP contribution in [0.5, 0.6) is 0 Å². The maximum atomic E-state index is 8.14. The van der Waals surface area contributed by atoms with E-state index < -0.39 is 0 Å². The highest BCUT2D eigenvalue weighted by Crippen LogP contribution is 1.92. The Bertz CT molecular complexity index is 89.5. The molecule has 0 fully saturated rings. The van der Waals surface area contributed by atoms with Crippen molar-refractivity contribution in [3.8, 4) is 6.07 Å². The fourth-order valence-electron chi connectivity index (χ4n) is 0.414. The highest BCUT2D eigenvalue weighted by molar-refractivity contribution is 6.26. The molecule has 0 aliphatic rings. The lowest BCUT2D eigenvalue weighted by molar-refractivity contribution is 0.359. The smallest absolute Gasteiger partial charge is 0.229 e. The third kappa shape index (κ3) is 7.67. The summed E-state index contributed by atoms with van der Waals surface area (Å²) in [6.45, 7) is 2.78. The molecular formula is C6H11NOSi. The van der Waals surface area contributed by atoms with Crippen LogP contribution in [0.2, 0.25) is 6.04 Å². The van der Waals surface area contributed by atoms with E-state index in [1.54, 1.807) is 0 Å². The molecular weight excluding hydrogens is 130 g/mol. The van der Waals surface area contributed by atoms with Crippen molar-refractivity contribution in [2.24, 2.45) is 0 Å². The van der Waals surface area contributed by atoms with E-state index in [1.807, 2.05) is 6.92 Å². The first kappa shape index (κ1) is 8.67. The highest BCUT2D eigenvalue weighted by Gasteiger charge is 1.88. The van der Waals surface area contributed by atoms with Gasteiger partial charge in [-0.2, -0.15) is 5.26 Å². The van der Waals surface area contributed by atoms with Crippen LogP contribution in [-0.2, 0) is 4.43 Å². The van der Waals surface area contributed by atoms with E-state index >= 15 is 0 Å². The first-order valence-corrected chi connectivity index (χ1v) is 4.25. The molecule has 0 rings (SSSR count). The number of hydrogen-bond acceptors (Lipinski definition) is 2. The van der Waals surface area contributed by atoms with Crippen LogP contribution < -0.4 is 0 Å². The zero-order chi connectivity index (χ0) is 6.95. The zero-order valence-corrected chi connectivity index (χ0v) is 6.68. The Hall–Kier alpha value is -0.333. The van der Waals surface area contributed by atoms with E-state index in [2.05, 4.69) is 6.07 Å². The molecule has 0 spiro atoms. The summed E-state index contributed by atoms with van der Waals surface area (Å²) < 4.78 is 5.10. The average molecular weight is 141 g/mol. The van der Waals surface area contributed by atoms with Crippen LogP contribution in [0.1, 0.15) is 19.8 Å². The minimum atomic E-state index is 0.591. The molecule has 0 aliphatic carbocycles. The maximum Gasteiger partial charge on any atom is 0.229 e. The number of nitrogens with zero attached hydrogens (tertiary/aromatic N) is 1. The van der Waals surface area contributed by atoms with Crippen molar-refractivity contribution in [2.45, 2.75) is 25.8 Å². The summed E-state index contributed by atoms with van der Waals surface area (Å²) in [5, 5.41) is 8.14. The van der Waals surface area contributed by atoms with E-state index in [0.29, 0.717) is 16.2 Å². The van der Waals surface area contributed by atoms with Crippen LogP contribution in [0, 0.1) is 11.3 Å². The lowest BCUT2D eigenvalue weighted by Crippen LogP contribution is -1.96. The summed E-state index contributed by atoms with van der Waals surface area (Å²) in [4.78, 5) is 0. The first-order valence-electron chi connectivity index (χ1n) is 3.13. The minimum Gasteiger partial charge on any atom is -0.418 e. The quantitative estimate of drug-likeness (QED) is 0.428. The largest absolute Gasteiger partial charge is 0.418 e. The minimum absolute atomic E-state index is 0.591. The molecule has 0 atom stereocenters. The summed E-state index contributed by atoms with van der Waals surface area (Å²) in [5.41, 5.74) is 0. The average Bonchev–Trinajstić information content (AvgIpc) is 1.89. The van der Waals surface area contributed by atoms with Crippen molar-refractivity contribution in [1.29, 1.82) is 5.26 Å². The SMILES string of the molecule is CCO[Si]CCCC#N. The molecule has 9 heavy (non-hydrogen) atoms. The fourth-order valence-corrected chi connectivity index (χ4v) is 1.08. The van der Waals surface area contributed by atoms with Gasteiger partial charge in [-0.15, -0.1) is 0 Å². The van der Waals surface area contributed by atoms with E-state index in [9.17, 15) is 0 Å². The predicted molar refractivity (Wildman–Crippen MR) is 37.0 cm³/mol. The Morgan fingerprint density at radius 2 is 2.44 bits per heavy atom. The second kappa shape index (κ2) is 7.67. The van der Waals surface area contributed by atoms with E-state index in [0.717, 1.165) is 19.1 Å². The Morgan fingerprint density at radius 1 is 1.67 bits per heavy atom. The molecule has 50 valence electrons. The molecule has 0 heterocycles. The van der Waals surface area contributed by atoms with Gasteiger partial charge in [0.1, 0.15) is 0 Å². The van der Waals surface area contributed by atoms with Crippen molar-refractivity contribution < 1.29 is 4.43 Å². The van der Waals surface area contributed by atoms with Crippen LogP contribution in [0.4, 0.5) is 0 Å². The Balaban J connectivity index is 2.69. The maximum absolute atomic E-state index is 8.14. The normalized spacial score (nSPS) is 8.89. The molecule has 3 heteroatoms. The topological polar surface area (TPSA) is 33.0 Å². The van der Waals surface area contributed by atoms with Gasteiger partial charge in [-0.25, -0.2) is 0 Å². The van der Waals surface area contributed by atoms with Crippen LogP contribution in [0.25, 0.3) is 0 Å². The molecule has 0 amide bonds. The van der Waals surface area contributed by atoms with Gasteiger partial charge in [0.05, 0.1) is 6.07 Å². The Labute approximate surface area is 58.8 Å². The van der Waals surface area contributed by atoms with Crippen molar-refractivity contribution in [1.82, 2.24) is 0 Å². The molecule has 0 saturated carbocycles. The van der Waals surface area contributed by atoms with Gasteiger partial charge >= 0.3 is 0 Å². The van der Waals surface area contributed by atoms with Gasteiger partial charge in [0.15, 0.2) is 0 Å². The summed E-state index contributed by atoms with van der Waals surface area (Å²) in [5.74, 6) is 0. The van der Waals surface area contributed by atoms with Crippen LogP contribution in [0.3, 0.4) is 0 Å². The van der Waals surface area contributed by atoms with Crippen molar-refractivity contribution in [2.75, 3.05) is 6.61 Å². The number of hydrogen-bond donors (Lipinski definition) is 0. The Morgan fingerprint density at radius 3 is 3.00 bits per heavy atom. The van der Waals surface area contributed by atoms with Crippen LogP contribution >= 0.6 is 0 Å². The molecule has 0 bridgehead atoms. The molecule has 0 aromatic carbocycles. The second-order valence-electron chi connectivity index (χ2n) is 1.59. The van der Waals surface area contributed by atoms with E-state index in [1.165, 1.54) is 0 Å². The molecule has 2 nitrogen and oxygen atoms in total. The number of nitriles is 1. The summed E-state index contributed by atoms with van der Waals surface area (Å²) >= 11 is 0. The lowest BCUT2D eigenvalue weighted by atomic mass is 10.4. The van der Waals surface area contributed by atoms with E-state index in [-0.39, 0.29) is 0 Å². The Kier molecular flexibility index (Phi) is 7.38. The summed E-state index contributed by atoms with van der Waals surface area (Å²) in [6.07, 6.45) is 1.65. The van der Waals surface area contributed by atoms with Gasteiger partial charge < -0.3 is 4.43 Å².